The molecule has 120 valence electrons. The minimum atomic E-state index is -0.697. The molecule has 0 radical (unpaired) electrons. The van der Waals surface area contributed by atoms with Gasteiger partial charge >= 0.3 is 5.69 Å². The topological polar surface area (TPSA) is 93.6 Å². The number of H-pyrrole nitrogens is 1. The van der Waals surface area contributed by atoms with Crippen LogP contribution in [0.3, 0.4) is 0 Å². The highest BCUT2D eigenvalue weighted by Gasteiger charge is 2.29. The minimum Gasteiger partial charge on any atom is -0.497 e. The normalized spacial score (nSPS) is 20.3. The van der Waals surface area contributed by atoms with Crippen LogP contribution in [0.4, 0.5) is 0 Å². The van der Waals surface area contributed by atoms with Crippen LogP contribution in [0.25, 0.3) is 5.57 Å². The molecule has 7 nitrogen and oxygen atoms in total. The molecule has 1 aromatic heterocycles. The second kappa shape index (κ2) is 6.23. The quantitative estimate of drug-likeness (QED) is 0.857. The van der Waals surface area contributed by atoms with Crippen molar-refractivity contribution < 1.29 is 14.6 Å². The monoisotopic (exact) mass is 316 g/mol. The number of hydrogen-bond acceptors (Lipinski definition) is 5. The summed E-state index contributed by atoms with van der Waals surface area (Å²) in [6.07, 6.45) is 1.85. The molecule has 0 saturated heterocycles. The van der Waals surface area contributed by atoms with Gasteiger partial charge in [0.15, 0.2) is 6.23 Å². The van der Waals surface area contributed by atoms with Crippen LogP contribution in [-0.2, 0) is 4.74 Å². The molecule has 2 N–H and O–H groups in total. The summed E-state index contributed by atoms with van der Waals surface area (Å²) in [5.74, 6) is 0.685. The lowest BCUT2D eigenvalue weighted by molar-refractivity contribution is -0.00723. The van der Waals surface area contributed by atoms with Gasteiger partial charge in [-0.15, -0.1) is 0 Å². The smallest absolute Gasteiger partial charge is 0.330 e. The van der Waals surface area contributed by atoms with Gasteiger partial charge in [-0.2, -0.15) is 0 Å². The van der Waals surface area contributed by atoms with Crippen LogP contribution in [0, 0.1) is 0 Å². The maximum atomic E-state index is 11.9. The Morgan fingerprint density at radius 3 is 2.87 bits per heavy atom. The Balaban J connectivity index is 2.01. The van der Waals surface area contributed by atoms with E-state index in [-0.39, 0.29) is 6.61 Å². The van der Waals surface area contributed by atoms with Crippen LogP contribution in [0.15, 0.2) is 52.2 Å². The summed E-state index contributed by atoms with van der Waals surface area (Å²) >= 11 is 0. The van der Waals surface area contributed by atoms with Gasteiger partial charge in [0, 0.05) is 12.3 Å². The van der Waals surface area contributed by atoms with Gasteiger partial charge in [-0.3, -0.25) is 14.3 Å². The van der Waals surface area contributed by atoms with Gasteiger partial charge < -0.3 is 14.6 Å². The van der Waals surface area contributed by atoms with Crippen molar-refractivity contribution in [3.05, 3.63) is 69.0 Å². The summed E-state index contributed by atoms with van der Waals surface area (Å²) in [6, 6.07) is 8.60. The standard InChI is InChI=1S/C16H16N2O5/c1-22-11-4-2-3-10(7-11)12-8-15(23-13(12)9-19)18-6-5-14(20)17-16(18)21/h2-8,13,15,19H,9H2,1H3,(H,17,20,21)/t13-,15-/m1/s1. The van der Waals surface area contributed by atoms with Gasteiger partial charge in [0.25, 0.3) is 5.56 Å². The van der Waals surface area contributed by atoms with E-state index in [1.165, 1.54) is 16.8 Å². The average molecular weight is 316 g/mol. The van der Waals surface area contributed by atoms with E-state index in [0.29, 0.717) is 5.75 Å². The summed E-state index contributed by atoms with van der Waals surface area (Å²) in [4.78, 5) is 25.2. The molecular weight excluding hydrogens is 300 g/mol. The third kappa shape index (κ3) is 2.96. The number of aromatic nitrogens is 2. The van der Waals surface area contributed by atoms with Crippen LogP contribution < -0.4 is 16.0 Å². The largest absolute Gasteiger partial charge is 0.497 e. The van der Waals surface area contributed by atoms with E-state index >= 15 is 0 Å². The Morgan fingerprint density at radius 1 is 1.35 bits per heavy atom. The fourth-order valence-corrected chi connectivity index (χ4v) is 2.54. The average Bonchev–Trinajstić information content (AvgIpc) is 2.99. The molecule has 23 heavy (non-hydrogen) atoms. The maximum Gasteiger partial charge on any atom is 0.330 e. The van der Waals surface area contributed by atoms with Gasteiger partial charge in [-0.25, -0.2) is 4.79 Å². The van der Waals surface area contributed by atoms with E-state index in [1.54, 1.807) is 13.2 Å². The van der Waals surface area contributed by atoms with Crippen LogP contribution in [0.2, 0.25) is 0 Å². The highest BCUT2D eigenvalue weighted by Crippen LogP contribution is 2.34. The predicted molar refractivity (Wildman–Crippen MR) is 83.3 cm³/mol. The lowest BCUT2D eigenvalue weighted by Gasteiger charge is -2.16. The number of aromatic amines is 1. The molecule has 1 aliphatic rings. The molecule has 1 aromatic carbocycles. The van der Waals surface area contributed by atoms with Crippen molar-refractivity contribution >= 4 is 5.57 Å². The number of methoxy groups -OCH3 is 1. The van der Waals surface area contributed by atoms with E-state index in [0.717, 1.165) is 11.1 Å². The molecule has 1 aliphatic heterocycles. The van der Waals surface area contributed by atoms with E-state index in [4.69, 9.17) is 9.47 Å². The van der Waals surface area contributed by atoms with Crippen LogP contribution in [0.5, 0.6) is 5.75 Å². The predicted octanol–water partition coefficient (Wildman–Crippen LogP) is 0.518. The number of hydrogen-bond donors (Lipinski definition) is 2. The van der Waals surface area contributed by atoms with Crippen LogP contribution in [-0.4, -0.2) is 34.5 Å². The van der Waals surface area contributed by atoms with Crippen molar-refractivity contribution in [2.24, 2.45) is 0 Å². The fourth-order valence-electron chi connectivity index (χ4n) is 2.54. The summed E-state index contributed by atoms with van der Waals surface area (Å²) in [7, 11) is 1.57. The molecule has 0 saturated carbocycles. The molecule has 0 aliphatic carbocycles. The Kier molecular flexibility index (Phi) is 4.14. The summed E-state index contributed by atoms with van der Waals surface area (Å²) in [6.45, 7) is -0.225. The Bertz CT molecular complexity index is 852. The van der Waals surface area contributed by atoms with E-state index < -0.39 is 23.6 Å². The first-order chi connectivity index (χ1) is 11.1. The zero-order valence-corrected chi connectivity index (χ0v) is 12.4. The van der Waals surface area contributed by atoms with E-state index in [1.807, 2.05) is 24.3 Å². The number of benzene rings is 1. The summed E-state index contributed by atoms with van der Waals surface area (Å²) in [5, 5.41) is 9.56. The third-order valence-corrected chi connectivity index (χ3v) is 3.67. The van der Waals surface area contributed by atoms with Crippen LogP contribution >= 0.6 is 0 Å². The maximum absolute atomic E-state index is 11.9. The number of aliphatic hydroxyl groups is 1. The van der Waals surface area contributed by atoms with Gasteiger partial charge in [0.2, 0.25) is 0 Å². The van der Waals surface area contributed by atoms with Gasteiger partial charge in [-0.05, 0) is 29.3 Å². The minimum absolute atomic E-state index is 0.225. The van der Waals surface area contributed by atoms with Crippen molar-refractivity contribution in [3.8, 4) is 5.75 Å². The summed E-state index contributed by atoms with van der Waals surface area (Å²) < 4.78 is 12.2. The number of nitrogens with one attached hydrogen (secondary N) is 1. The second-order valence-electron chi connectivity index (χ2n) is 5.07. The first-order valence-corrected chi connectivity index (χ1v) is 7.06. The zero-order valence-electron chi connectivity index (χ0n) is 12.4. The summed E-state index contributed by atoms with van der Waals surface area (Å²) in [5.41, 5.74) is 0.556. The van der Waals surface area contributed by atoms with Crippen molar-refractivity contribution in [3.63, 3.8) is 0 Å². The molecule has 7 heteroatoms. The molecule has 2 atom stereocenters. The van der Waals surface area contributed by atoms with Gasteiger partial charge in [0.05, 0.1) is 13.7 Å². The molecule has 0 bridgehead atoms. The Hall–Kier alpha value is -2.64. The third-order valence-electron chi connectivity index (χ3n) is 3.67. The first-order valence-electron chi connectivity index (χ1n) is 7.06. The number of nitrogens with zero attached hydrogens (tertiary/aromatic N) is 1. The van der Waals surface area contributed by atoms with Gasteiger partial charge in [0.1, 0.15) is 11.9 Å². The lowest BCUT2D eigenvalue weighted by atomic mass is 10.0. The molecule has 0 amide bonds. The fraction of sp³-hybridized carbons (Fsp3) is 0.250. The van der Waals surface area contributed by atoms with Gasteiger partial charge in [-0.1, -0.05) is 12.1 Å². The number of ether oxygens (including phenoxy) is 2. The molecule has 2 aromatic rings. The number of aliphatic hydroxyl groups excluding tert-OH is 1. The molecule has 0 unspecified atom stereocenters. The van der Waals surface area contributed by atoms with E-state index in [2.05, 4.69) is 4.98 Å². The molecule has 3 rings (SSSR count). The van der Waals surface area contributed by atoms with E-state index in [9.17, 15) is 14.7 Å². The first kappa shape index (κ1) is 15.3. The van der Waals surface area contributed by atoms with Crippen molar-refractivity contribution in [1.82, 2.24) is 9.55 Å². The molecular formula is C16H16N2O5. The molecule has 0 spiro atoms. The van der Waals surface area contributed by atoms with Crippen molar-refractivity contribution in [1.29, 1.82) is 0 Å². The van der Waals surface area contributed by atoms with Crippen LogP contribution in [0.1, 0.15) is 11.8 Å². The lowest BCUT2D eigenvalue weighted by Crippen LogP contribution is -2.31. The highest BCUT2D eigenvalue weighted by atomic mass is 16.5. The Labute approximate surface area is 131 Å². The Morgan fingerprint density at radius 2 is 2.17 bits per heavy atom. The van der Waals surface area contributed by atoms with Crippen molar-refractivity contribution in [2.75, 3.05) is 13.7 Å². The second-order valence-corrected chi connectivity index (χ2v) is 5.07. The zero-order chi connectivity index (χ0) is 16.4. The number of rotatable bonds is 4. The molecule has 2 heterocycles. The highest BCUT2D eigenvalue weighted by molar-refractivity contribution is 5.71. The van der Waals surface area contributed by atoms with Crippen molar-refractivity contribution in [2.45, 2.75) is 12.3 Å². The molecule has 0 fully saturated rings. The SMILES string of the molecule is COc1cccc(C2=C[C@H](n3ccc(=O)[nH]c3=O)O[C@@H]2CO)c1.